The second-order valence-electron chi connectivity index (χ2n) is 6.04. The normalized spacial score (nSPS) is 11.8. The molecule has 0 aromatic heterocycles. The zero-order chi connectivity index (χ0) is 19.3. The number of methoxy groups -OCH3 is 1. The van der Waals surface area contributed by atoms with E-state index in [1.165, 1.54) is 7.11 Å². The molecular formula is C19H20Cl2N2O3. The lowest BCUT2D eigenvalue weighted by molar-refractivity contribution is -0.118. The monoisotopic (exact) mass is 394 g/mol. The number of hydrogen-bond acceptors (Lipinski definition) is 3. The summed E-state index contributed by atoms with van der Waals surface area (Å²) in [5, 5.41) is 6.45. The number of nitrogens with one attached hydrogen (secondary N) is 2. The molecule has 2 aromatic carbocycles. The summed E-state index contributed by atoms with van der Waals surface area (Å²) in [7, 11) is 1.51. The summed E-state index contributed by atoms with van der Waals surface area (Å²) in [6, 6.07) is 10.7. The minimum Gasteiger partial charge on any atom is -0.495 e. The van der Waals surface area contributed by atoms with Crippen molar-refractivity contribution in [1.82, 2.24) is 5.32 Å². The van der Waals surface area contributed by atoms with Crippen LogP contribution in [0.2, 0.25) is 10.0 Å². The molecule has 2 aromatic rings. The molecule has 1 unspecified atom stereocenters. The van der Waals surface area contributed by atoms with E-state index >= 15 is 0 Å². The van der Waals surface area contributed by atoms with Gasteiger partial charge >= 0.3 is 0 Å². The lowest BCUT2D eigenvalue weighted by Gasteiger charge is -2.22. The van der Waals surface area contributed by atoms with E-state index in [9.17, 15) is 9.59 Å². The number of benzene rings is 2. The molecule has 2 rings (SSSR count). The molecule has 0 spiro atoms. The number of carbonyl (C=O) groups excluding carboxylic acids is 2. The van der Waals surface area contributed by atoms with Gasteiger partial charge in [0.1, 0.15) is 11.8 Å². The molecule has 2 N–H and O–H groups in total. The first kappa shape index (κ1) is 20.1. The Labute approximate surface area is 162 Å². The van der Waals surface area contributed by atoms with Crippen LogP contribution in [-0.2, 0) is 4.79 Å². The first-order valence-electron chi connectivity index (χ1n) is 8.02. The first-order chi connectivity index (χ1) is 12.3. The Morgan fingerprint density at radius 1 is 1.04 bits per heavy atom. The summed E-state index contributed by atoms with van der Waals surface area (Å²) >= 11 is 11.9. The third-order valence-electron chi connectivity index (χ3n) is 3.76. The van der Waals surface area contributed by atoms with E-state index in [0.717, 1.165) is 0 Å². The molecular weight excluding hydrogens is 375 g/mol. The third kappa shape index (κ3) is 5.13. The van der Waals surface area contributed by atoms with Crippen molar-refractivity contribution < 1.29 is 14.3 Å². The van der Waals surface area contributed by atoms with Crippen LogP contribution >= 0.6 is 23.2 Å². The predicted octanol–water partition coefficient (Wildman–Crippen LogP) is 4.40. The highest BCUT2D eigenvalue weighted by molar-refractivity contribution is 6.32. The number of halogens is 2. The minimum absolute atomic E-state index is 0.111. The van der Waals surface area contributed by atoms with Crippen LogP contribution in [0.15, 0.2) is 42.5 Å². The van der Waals surface area contributed by atoms with Gasteiger partial charge in [0.05, 0.1) is 12.1 Å². The van der Waals surface area contributed by atoms with E-state index < -0.39 is 6.04 Å². The molecule has 0 heterocycles. The smallest absolute Gasteiger partial charge is 0.251 e. The van der Waals surface area contributed by atoms with Gasteiger partial charge in [0.2, 0.25) is 5.91 Å². The number of ether oxygens (including phenoxy) is 1. The average molecular weight is 395 g/mol. The standard InChI is InChI=1S/C19H20Cl2N2O3/c1-11(2)17(23-18(24)12-4-6-13(20)7-5-12)19(25)22-14-8-9-16(26-3)15(21)10-14/h4-11,17H,1-3H3,(H,22,25)(H,23,24). The Morgan fingerprint density at radius 2 is 1.69 bits per heavy atom. The molecule has 0 aliphatic heterocycles. The molecule has 138 valence electrons. The Balaban J connectivity index is 2.10. The molecule has 0 fully saturated rings. The second-order valence-corrected chi connectivity index (χ2v) is 6.88. The molecule has 5 nitrogen and oxygen atoms in total. The fourth-order valence-corrected chi connectivity index (χ4v) is 2.71. The summed E-state index contributed by atoms with van der Waals surface area (Å²) in [4.78, 5) is 25.0. The molecule has 26 heavy (non-hydrogen) atoms. The zero-order valence-electron chi connectivity index (χ0n) is 14.7. The van der Waals surface area contributed by atoms with Crippen LogP contribution in [0.25, 0.3) is 0 Å². The Kier molecular flexibility index (Phi) is 6.89. The van der Waals surface area contributed by atoms with E-state index in [4.69, 9.17) is 27.9 Å². The van der Waals surface area contributed by atoms with E-state index in [2.05, 4.69) is 10.6 Å². The van der Waals surface area contributed by atoms with Gasteiger partial charge in [0, 0.05) is 16.3 Å². The Morgan fingerprint density at radius 3 is 2.23 bits per heavy atom. The van der Waals surface area contributed by atoms with Crippen LogP contribution in [0, 0.1) is 5.92 Å². The SMILES string of the molecule is COc1ccc(NC(=O)C(NC(=O)c2ccc(Cl)cc2)C(C)C)cc1Cl. The summed E-state index contributed by atoms with van der Waals surface area (Å²) < 4.78 is 5.09. The highest BCUT2D eigenvalue weighted by Crippen LogP contribution is 2.27. The zero-order valence-corrected chi connectivity index (χ0v) is 16.2. The van der Waals surface area contributed by atoms with Gasteiger partial charge in [0.15, 0.2) is 0 Å². The topological polar surface area (TPSA) is 67.4 Å². The van der Waals surface area contributed by atoms with E-state index in [-0.39, 0.29) is 17.7 Å². The maximum Gasteiger partial charge on any atom is 0.251 e. The number of rotatable bonds is 6. The summed E-state index contributed by atoms with van der Waals surface area (Å²) in [5.41, 5.74) is 0.951. The number of amides is 2. The van der Waals surface area contributed by atoms with Crippen molar-refractivity contribution in [3.05, 3.63) is 58.1 Å². The second kappa shape index (κ2) is 8.92. The van der Waals surface area contributed by atoms with Gasteiger partial charge in [0.25, 0.3) is 5.91 Å². The van der Waals surface area contributed by atoms with Crippen molar-refractivity contribution >= 4 is 40.7 Å². The van der Waals surface area contributed by atoms with E-state index in [1.807, 2.05) is 13.8 Å². The van der Waals surface area contributed by atoms with Crippen molar-refractivity contribution in [3.8, 4) is 5.75 Å². The lowest BCUT2D eigenvalue weighted by atomic mass is 10.0. The Bertz CT molecular complexity index is 792. The lowest BCUT2D eigenvalue weighted by Crippen LogP contribution is -2.47. The molecule has 2 amide bonds. The number of carbonyl (C=O) groups is 2. The Hall–Kier alpha value is -2.24. The van der Waals surface area contributed by atoms with Gasteiger partial charge in [-0.2, -0.15) is 0 Å². The summed E-state index contributed by atoms with van der Waals surface area (Å²) in [5.74, 6) is -0.270. The maximum absolute atomic E-state index is 12.6. The van der Waals surface area contributed by atoms with Crippen LogP contribution in [0.1, 0.15) is 24.2 Å². The molecule has 0 aliphatic rings. The summed E-state index contributed by atoms with van der Waals surface area (Å²) in [6.07, 6.45) is 0. The fourth-order valence-electron chi connectivity index (χ4n) is 2.32. The van der Waals surface area contributed by atoms with Gasteiger partial charge in [-0.3, -0.25) is 9.59 Å². The van der Waals surface area contributed by atoms with Gasteiger partial charge in [-0.05, 0) is 48.4 Å². The molecule has 0 aliphatic carbocycles. The van der Waals surface area contributed by atoms with Crippen molar-refractivity contribution in [2.75, 3.05) is 12.4 Å². The first-order valence-corrected chi connectivity index (χ1v) is 8.78. The highest BCUT2D eigenvalue weighted by Gasteiger charge is 2.25. The van der Waals surface area contributed by atoms with Gasteiger partial charge in [-0.25, -0.2) is 0 Å². The van der Waals surface area contributed by atoms with Crippen LogP contribution < -0.4 is 15.4 Å². The quantitative estimate of drug-likeness (QED) is 0.762. The van der Waals surface area contributed by atoms with Crippen molar-refractivity contribution in [1.29, 1.82) is 0 Å². The molecule has 1 atom stereocenters. The molecule has 0 saturated heterocycles. The molecule has 0 saturated carbocycles. The average Bonchev–Trinajstić information content (AvgIpc) is 2.59. The molecule has 0 radical (unpaired) electrons. The van der Waals surface area contributed by atoms with Crippen LogP contribution in [-0.4, -0.2) is 25.0 Å². The van der Waals surface area contributed by atoms with Crippen molar-refractivity contribution in [3.63, 3.8) is 0 Å². The molecule has 7 heteroatoms. The molecule has 0 bridgehead atoms. The van der Waals surface area contributed by atoms with Crippen LogP contribution in [0.4, 0.5) is 5.69 Å². The number of anilines is 1. The van der Waals surface area contributed by atoms with E-state index in [0.29, 0.717) is 27.0 Å². The third-order valence-corrected chi connectivity index (χ3v) is 4.31. The van der Waals surface area contributed by atoms with Gasteiger partial charge < -0.3 is 15.4 Å². The van der Waals surface area contributed by atoms with Crippen LogP contribution in [0.3, 0.4) is 0 Å². The summed E-state index contributed by atoms with van der Waals surface area (Å²) in [6.45, 7) is 3.71. The van der Waals surface area contributed by atoms with Crippen LogP contribution in [0.5, 0.6) is 5.75 Å². The maximum atomic E-state index is 12.6. The van der Waals surface area contributed by atoms with Crippen molar-refractivity contribution in [2.24, 2.45) is 5.92 Å². The van der Waals surface area contributed by atoms with Crippen molar-refractivity contribution in [2.45, 2.75) is 19.9 Å². The predicted molar refractivity (Wildman–Crippen MR) is 104 cm³/mol. The van der Waals surface area contributed by atoms with Gasteiger partial charge in [-0.15, -0.1) is 0 Å². The largest absolute Gasteiger partial charge is 0.495 e. The number of hydrogen-bond donors (Lipinski definition) is 2. The van der Waals surface area contributed by atoms with Gasteiger partial charge in [-0.1, -0.05) is 37.0 Å². The highest BCUT2D eigenvalue weighted by atomic mass is 35.5. The minimum atomic E-state index is -0.709. The van der Waals surface area contributed by atoms with E-state index in [1.54, 1.807) is 42.5 Å². The fraction of sp³-hybridized carbons (Fsp3) is 0.263.